The van der Waals surface area contributed by atoms with Crippen LogP contribution in [0.2, 0.25) is 0 Å². The summed E-state index contributed by atoms with van der Waals surface area (Å²) in [5, 5.41) is 0. The van der Waals surface area contributed by atoms with Crippen LogP contribution in [0, 0.1) is 0 Å². The number of benzene rings is 1. The minimum Gasteiger partial charge on any atom is -0.298 e. The summed E-state index contributed by atoms with van der Waals surface area (Å²) in [6.45, 7) is 5.37. The lowest BCUT2D eigenvalue weighted by molar-refractivity contribution is -0.104. The summed E-state index contributed by atoms with van der Waals surface area (Å²) in [5.41, 5.74) is 2.68. The molecule has 86 valence electrons. The fourth-order valence-electron chi connectivity index (χ4n) is 1.52. The topological polar surface area (TPSA) is 34.1 Å². The van der Waals surface area contributed by atoms with Gasteiger partial charge in [-0.15, -0.1) is 0 Å². The van der Waals surface area contributed by atoms with Crippen molar-refractivity contribution in [1.82, 2.24) is 0 Å². The monoisotopic (exact) mass is 226 g/mol. The van der Waals surface area contributed by atoms with Crippen molar-refractivity contribution in [3.8, 4) is 0 Å². The van der Waals surface area contributed by atoms with Gasteiger partial charge in [-0.2, -0.15) is 0 Å². The van der Waals surface area contributed by atoms with Crippen LogP contribution in [0.15, 0.2) is 54.6 Å². The Hall–Kier alpha value is -2.22. The first-order valence-corrected chi connectivity index (χ1v) is 5.24. The third-order valence-corrected chi connectivity index (χ3v) is 2.46. The third kappa shape index (κ3) is 3.11. The minimum atomic E-state index is 0.541. The van der Waals surface area contributed by atoms with Gasteiger partial charge in [-0.1, -0.05) is 49.1 Å². The largest absolute Gasteiger partial charge is 0.298 e. The van der Waals surface area contributed by atoms with Gasteiger partial charge in [-0.25, -0.2) is 0 Å². The van der Waals surface area contributed by atoms with Gasteiger partial charge in [-0.3, -0.25) is 9.59 Å². The standard InChI is InChI=1S/C15H14O2/c1-3-4-7-13(10-16)12(2)15-9-6-5-8-14(15)11-17/h3-11H,1H2,2H3/b7-4-,13-12-. The molecule has 0 unspecified atom stereocenters. The molecule has 0 N–H and O–H groups in total. The van der Waals surface area contributed by atoms with Crippen LogP contribution < -0.4 is 0 Å². The van der Waals surface area contributed by atoms with Crippen molar-refractivity contribution in [2.75, 3.05) is 0 Å². The Kier molecular flexibility index (Phi) is 4.82. The second-order valence-corrected chi connectivity index (χ2v) is 3.50. The molecular weight excluding hydrogens is 212 g/mol. The SMILES string of the molecule is C=C/C=C\C(C=O)=C(/C)c1ccccc1C=O. The van der Waals surface area contributed by atoms with E-state index in [0.29, 0.717) is 11.1 Å². The highest BCUT2D eigenvalue weighted by Crippen LogP contribution is 2.21. The lowest BCUT2D eigenvalue weighted by atomic mass is 9.97. The van der Waals surface area contributed by atoms with Crippen LogP contribution >= 0.6 is 0 Å². The van der Waals surface area contributed by atoms with Crippen molar-refractivity contribution in [2.24, 2.45) is 0 Å². The van der Waals surface area contributed by atoms with Crippen molar-refractivity contribution in [1.29, 1.82) is 0 Å². The van der Waals surface area contributed by atoms with E-state index in [4.69, 9.17) is 0 Å². The van der Waals surface area contributed by atoms with Gasteiger partial charge in [-0.05, 0) is 18.1 Å². The first kappa shape index (κ1) is 12.8. The van der Waals surface area contributed by atoms with Crippen LogP contribution in [0.3, 0.4) is 0 Å². The van der Waals surface area contributed by atoms with E-state index in [-0.39, 0.29) is 0 Å². The Balaban J connectivity index is 3.33. The maximum Gasteiger partial charge on any atom is 0.150 e. The fourth-order valence-corrected chi connectivity index (χ4v) is 1.52. The van der Waals surface area contributed by atoms with Crippen molar-refractivity contribution in [2.45, 2.75) is 6.92 Å². The summed E-state index contributed by atoms with van der Waals surface area (Å²) in [5.74, 6) is 0. The van der Waals surface area contributed by atoms with Gasteiger partial charge in [0, 0.05) is 11.1 Å². The lowest BCUT2D eigenvalue weighted by Crippen LogP contribution is -1.93. The van der Waals surface area contributed by atoms with Crippen LogP contribution in [-0.4, -0.2) is 12.6 Å². The molecule has 2 nitrogen and oxygen atoms in total. The van der Waals surface area contributed by atoms with Gasteiger partial charge >= 0.3 is 0 Å². The Morgan fingerprint density at radius 3 is 2.53 bits per heavy atom. The smallest absolute Gasteiger partial charge is 0.150 e. The van der Waals surface area contributed by atoms with Crippen LogP contribution in [-0.2, 0) is 4.79 Å². The van der Waals surface area contributed by atoms with Gasteiger partial charge in [0.1, 0.15) is 6.29 Å². The highest BCUT2D eigenvalue weighted by Gasteiger charge is 2.05. The number of hydrogen-bond donors (Lipinski definition) is 0. The second kappa shape index (κ2) is 6.38. The first-order valence-electron chi connectivity index (χ1n) is 5.24. The summed E-state index contributed by atoms with van der Waals surface area (Å²) >= 11 is 0. The molecule has 0 aliphatic carbocycles. The zero-order valence-electron chi connectivity index (χ0n) is 9.72. The van der Waals surface area contributed by atoms with Crippen molar-refractivity contribution in [3.05, 3.63) is 65.8 Å². The first-order chi connectivity index (χ1) is 8.24. The zero-order valence-corrected chi connectivity index (χ0v) is 9.72. The summed E-state index contributed by atoms with van der Waals surface area (Å²) in [6.07, 6.45) is 6.53. The molecule has 0 saturated heterocycles. The molecule has 0 fully saturated rings. The van der Waals surface area contributed by atoms with Gasteiger partial charge < -0.3 is 0 Å². The number of aldehydes is 2. The van der Waals surface area contributed by atoms with Gasteiger partial charge in [0.05, 0.1) is 0 Å². The predicted molar refractivity (Wildman–Crippen MR) is 69.8 cm³/mol. The Labute approximate surface area is 101 Å². The van der Waals surface area contributed by atoms with Crippen molar-refractivity contribution >= 4 is 18.1 Å². The zero-order chi connectivity index (χ0) is 12.7. The van der Waals surface area contributed by atoms with Crippen molar-refractivity contribution < 1.29 is 9.59 Å². The quantitative estimate of drug-likeness (QED) is 0.439. The molecule has 0 amide bonds. The molecule has 0 atom stereocenters. The van der Waals surface area contributed by atoms with E-state index in [1.54, 1.807) is 30.4 Å². The molecule has 1 aromatic carbocycles. The number of hydrogen-bond acceptors (Lipinski definition) is 2. The number of carbonyl (C=O) groups is 2. The molecule has 0 bridgehead atoms. The van der Waals surface area contributed by atoms with E-state index >= 15 is 0 Å². The van der Waals surface area contributed by atoms with E-state index in [0.717, 1.165) is 23.7 Å². The van der Waals surface area contributed by atoms with Gasteiger partial charge in [0.15, 0.2) is 6.29 Å². The molecular formula is C15H14O2. The minimum absolute atomic E-state index is 0.541. The summed E-state index contributed by atoms with van der Waals surface area (Å²) in [4.78, 5) is 21.9. The van der Waals surface area contributed by atoms with Gasteiger partial charge in [0.25, 0.3) is 0 Å². The molecule has 1 aromatic rings. The molecule has 0 aliphatic heterocycles. The Morgan fingerprint density at radius 2 is 1.94 bits per heavy atom. The lowest BCUT2D eigenvalue weighted by Gasteiger charge is -2.06. The van der Waals surface area contributed by atoms with Crippen LogP contribution in [0.5, 0.6) is 0 Å². The fraction of sp³-hybridized carbons (Fsp3) is 0.0667. The molecule has 1 rings (SSSR count). The summed E-state index contributed by atoms with van der Waals surface area (Å²) in [7, 11) is 0. The maximum absolute atomic E-state index is 11.0. The van der Waals surface area contributed by atoms with Crippen LogP contribution in [0.1, 0.15) is 22.8 Å². The Bertz CT molecular complexity index is 493. The average Bonchev–Trinajstić information content (AvgIpc) is 2.39. The van der Waals surface area contributed by atoms with E-state index < -0.39 is 0 Å². The molecule has 0 spiro atoms. The molecule has 0 radical (unpaired) electrons. The van der Waals surface area contributed by atoms with Crippen molar-refractivity contribution in [3.63, 3.8) is 0 Å². The summed E-state index contributed by atoms with van der Waals surface area (Å²) in [6, 6.07) is 7.18. The number of allylic oxidation sites excluding steroid dienone is 5. The normalized spacial score (nSPS) is 12.1. The Morgan fingerprint density at radius 1 is 1.24 bits per heavy atom. The van der Waals surface area contributed by atoms with E-state index in [1.165, 1.54) is 0 Å². The molecule has 0 aromatic heterocycles. The highest BCUT2D eigenvalue weighted by molar-refractivity contribution is 5.94. The molecule has 0 aliphatic rings. The average molecular weight is 226 g/mol. The number of carbonyl (C=O) groups excluding carboxylic acids is 2. The predicted octanol–water partition coefficient (Wildman–Crippen LogP) is 3.21. The molecule has 17 heavy (non-hydrogen) atoms. The third-order valence-electron chi connectivity index (χ3n) is 2.46. The molecule has 0 saturated carbocycles. The van der Waals surface area contributed by atoms with Crippen LogP contribution in [0.25, 0.3) is 5.57 Å². The maximum atomic E-state index is 11.0. The van der Waals surface area contributed by atoms with E-state index in [2.05, 4.69) is 6.58 Å². The second-order valence-electron chi connectivity index (χ2n) is 3.50. The van der Waals surface area contributed by atoms with E-state index in [9.17, 15) is 9.59 Å². The van der Waals surface area contributed by atoms with Gasteiger partial charge in [0.2, 0.25) is 0 Å². The highest BCUT2D eigenvalue weighted by atomic mass is 16.1. The molecule has 2 heteroatoms. The summed E-state index contributed by atoms with van der Waals surface area (Å²) < 4.78 is 0. The van der Waals surface area contributed by atoms with E-state index in [1.807, 2.05) is 19.1 Å². The van der Waals surface area contributed by atoms with Crippen LogP contribution in [0.4, 0.5) is 0 Å². The molecule has 0 heterocycles. The number of rotatable bonds is 5.